The van der Waals surface area contributed by atoms with Gasteiger partial charge in [0.15, 0.2) is 0 Å². The first-order chi connectivity index (χ1) is 9.76. The quantitative estimate of drug-likeness (QED) is 0.891. The Bertz CT molecular complexity index is 412. The largest absolute Gasteiger partial charge is 0.354 e. The Labute approximate surface area is 123 Å². The van der Waals surface area contributed by atoms with E-state index < -0.39 is 0 Å². The predicted molar refractivity (Wildman–Crippen MR) is 83.8 cm³/mol. The van der Waals surface area contributed by atoms with Gasteiger partial charge in [0.05, 0.1) is 0 Å². The van der Waals surface area contributed by atoms with Crippen molar-refractivity contribution in [2.75, 3.05) is 7.05 Å². The van der Waals surface area contributed by atoms with Crippen LogP contribution in [-0.2, 0) is 13.1 Å². The smallest absolute Gasteiger partial charge is 0.0223 e. The molecule has 2 aliphatic rings. The zero-order valence-electron chi connectivity index (χ0n) is 13.0. The third-order valence-corrected chi connectivity index (χ3v) is 5.23. The van der Waals surface area contributed by atoms with Crippen LogP contribution in [0.4, 0.5) is 0 Å². The second-order valence-corrected chi connectivity index (χ2v) is 6.71. The zero-order chi connectivity index (χ0) is 13.9. The highest BCUT2D eigenvalue weighted by Gasteiger charge is 2.35. The number of nitrogens with one attached hydrogen (secondary N) is 1. The predicted octanol–water partition coefficient (Wildman–Crippen LogP) is 3.00. The van der Waals surface area contributed by atoms with Gasteiger partial charge in [0.25, 0.3) is 0 Å². The van der Waals surface area contributed by atoms with Crippen molar-refractivity contribution in [1.82, 2.24) is 14.8 Å². The summed E-state index contributed by atoms with van der Waals surface area (Å²) in [6.45, 7) is 4.40. The Kier molecular flexibility index (Phi) is 4.47. The Morgan fingerprint density at radius 3 is 2.70 bits per heavy atom. The average molecular weight is 275 g/mol. The van der Waals surface area contributed by atoms with Gasteiger partial charge in [-0.2, -0.15) is 0 Å². The van der Waals surface area contributed by atoms with Crippen LogP contribution in [0, 0.1) is 0 Å². The molecule has 2 bridgehead atoms. The molecule has 3 rings (SSSR count). The van der Waals surface area contributed by atoms with Crippen LogP contribution in [0.15, 0.2) is 18.5 Å². The Balaban J connectivity index is 1.51. The maximum Gasteiger partial charge on any atom is 0.0223 e. The van der Waals surface area contributed by atoms with E-state index in [-0.39, 0.29) is 0 Å². The number of aromatic nitrogens is 1. The number of hydrogen-bond donors (Lipinski definition) is 1. The molecule has 2 saturated heterocycles. The van der Waals surface area contributed by atoms with Crippen molar-refractivity contribution in [2.24, 2.45) is 0 Å². The monoisotopic (exact) mass is 275 g/mol. The van der Waals surface area contributed by atoms with Crippen LogP contribution in [0.25, 0.3) is 0 Å². The van der Waals surface area contributed by atoms with Crippen LogP contribution in [0.5, 0.6) is 0 Å². The van der Waals surface area contributed by atoms with Crippen molar-refractivity contribution in [1.29, 1.82) is 0 Å². The number of fused-ring (bicyclic) bond motifs is 2. The Hall–Kier alpha value is -0.800. The van der Waals surface area contributed by atoms with E-state index in [0.717, 1.165) is 31.2 Å². The lowest BCUT2D eigenvalue weighted by molar-refractivity contribution is 0.0482. The maximum atomic E-state index is 3.80. The molecular weight excluding hydrogens is 246 g/mol. The summed E-state index contributed by atoms with van der Waals surface area (Å²) in [6.07, 6.45) is 12.6. The minimum absolute atomic E-state index is 0.719. The van der Waals surface area contributed by atoms with Gasteiger partial charge >= 0.3 is 0 Å². The summed E-state index contributed by atoms with van der Waals surface area (Å²) in [5.74, 6) is 0. The van der Waals surface area contributed by atoms with Gasteiger partial charge in [-0.15, -0.1) is 0 Å². The summed E-state index contributed by atoms with van der Waals surface area (Å²) in [5.41, 5.74) is 1.43. The second kappa shape index (κ2) is 6.31. The lowest BCUT2D eigenvalue weighted by Gasteiger charge is -2.47. The molecule has 2 fully saturated rings. The molecule has 1 N–H and O–H groups in total. The summed E-state index contributed by atoms with van der Waals surface area (Å²) in [4.78, 5) is 2.64. The molecule has 3 heterocycles. The van der Waals surface area contributed by atoms with E-state index >= 15 is 0 Å². The molecule has 20 heavy (non-hydrogen) atoms. The molecule has 0 saturated carbocycles. The highest BCUT2D eigenvalue weighted by molar-refractivity contribution is 5.10. The molecule has 0 aliphatic carbocycles. The van der Waals surface area contributed by atoms with Crippen molar-refractivity contribution >= 4 is 0 Å². The van der Waals surface area contributed by atoms with Gasteiger partial charge < -0.3 is 14.8 Å². The lowest BCUT2D eigenvalue weighted by Crippen LogP contribution is -2.54. The van der Waals surface area contributed by atoms with E-state index in [4.69, 9.17) is 0 Å². The Morgan fingerprint density at radius 1 is 1.25 bits per heavy atom. The van der Waals surface area contributed by atoms with Gasteiger partial charge in [-0.05, 0) is 50.8 Å². The summed E-state index contributed by atoms with van der Waals surface area (Å²) in [7, 11) is 2.33. The van der Waals surface area contributed by atoms with Crippen LogP contribution in [0.3, 0.4) is 0 Å². The van der Waals surface area contributed by atoms with Gasteiger partial charge in [-0.25, -0.2) is 0 Å². The van der Waals surface area contributed by atoms with Crippen LogP contribution in [0.1, 0.15) is 51.0 Å². The van der Waals surface area contributed by atoms with Gasteiger partial charge in [0, 0.05) is 43.6 Å². The van der Waals surface area contributed by atoms with Gasteiger partial charge in [0.1, 0.15) is 0 Å². The number of nitrogens with zero attached hydrogens (tertiary/aromatic N) is 2. The van der Waals surface area contributed by atoms with Gasteiger partial charge in [-0.1, -0.05) is 13.3 Å². The fraction of sp³-hybridized carbons (Fsp3) is 0.765. The lowest BCUT2D eigenvalue weighted by atomic mass is 9.82. The van der Waals surface area contributed by atoms with E-state index in [1.165, 1.54) is 44.1 Å². The fourth-order valence-corrected chi connectivity index (χ4v) is 4.04. The summed E-state index contributed by atoms with van der Waals surface area (Å²) < 4.78 is 2.31. The van der Waals surface area contributed by atoms with Crippen LogP contribution >= 0.6 is 0 Å². The second-order valence-electron chi connectivity index (χ2n) is 6.71. The van der Waals surface area contributed by atoms with Crippen LogP contribution in [-0.4, -0.2) is 34.6 Å². The van der Waals surface area contributed by atoms with E-state index in [2.05, 4.69) is 47.2 Å². The molecule has 0 spiro atoms. The number of rotatable bonds is 5. The third kappa shape index (κ3) is 3.09. The topological polar surface area (TPSA) is 20.2 Å². The molecule has 2 unspecified atom stereocenters. The molecule has 112 valence electrons. The van der Waals surface area contributed by atoms with Gasteiger partial charge in [-0.3, -0.25) is 0 Å². The summed E-state index contributed by atoms with van der Waals surface area (Å²) in [6, 6.07) is 4.63. The van der Waals surface area contributed by atoms with Crippen molar-refractivity contribution in [3.05, 3.63) is 24.0 Å². The standard InChI is InChI=1S/C17H29N3/c1-3-8-20-9-7-14(13-20)12-18-15-10-16-5-4-6-17(11-15)19(16)2/h7,9,13,15-18H,3-6,8,10-12H2,1-2H3. The summed E-state index contributed by atoms with van der Waals surface area (Å²) in [5, 5.41) is 3.80. The van der Waals surface area contributed by atoms with E-state index in [0.29, 0.717) is 0 Å². The first kappa shape index (κ1) is 14.2. The molecule has 0 radical (unpaired) electrons. The molecule has 3 nitrogen and oxygen atoms in total. The molecular formula is C17H29N3. The van der Waals surface area contributed by atoms with E-state index in [1.54, 1.807) is 0 Å². The number of aryl methyl sites for hydroxylation is 1. The number of piperidine rings is 2. The third-order valence-electron chi connectivity index (χ3n) is 5.23. The van der Waals surface area contributed by atoms with Crippen molar-refractivity contribution < 1.29 is 0 Å². The van der Waals surface area contributed by atoms with Crippen molar-refractivity contribution in [3.63, 3.8) is 0 Å². The summed E-state index contributed by atoms with van der Waals surface area (Å²) >= 11 is 0. The number of hydrogen-bond acceptors (Lipinski definition) is 2. The minimum atomic E-state index is 0.719. The molecule has 0 aromatic carbocycles. The molecule has 2 aliphatic heterocycles. The molecule has 0 amide bonds. The molecule has 1 aromatic rings. The first-order valence-corrected chi connectivity index (χ1v) is 8.36. The minimum Gasteiger partial charge on any atom is -0.354 e. The zero-order valence-corrected chi connectivity index (χ0v) is 13.0. The highest BCUT2D eigenvalue weighted by atomic mass is 15.2. The average Bonchev–Trinajstić information content (AvgIpc) is 2.85. The van der Waals surface area contributed by atoms with Crippen molar-refractivity contribution in [2.45, 2.75) is 76.7 Å². The van der Waals surface area contributed by atoms with E-state index in [1.807, 2.05) is 0 Å². The SMILES string of the molecule is CCCn1ccc(CNC2CC3CCCC(C2)N3C)c1. The molecule has 2 atom stereocenters. The van der Waals surface area contributed by atoms with Crippen molar-refractivity contribution in [3.8, 4) is 0 Å². The molecule has 1 aromatic heterocycles. The van der Waals surface area contributed by atoms with E-state index in [9.17, 15) is 0 Å². The normalized spacial score (nSPS) is 30.6. The van der Waals surface area contributed by atoms with Crippen LogP contribution < -0.4 is 5.32 Å². The van der Waals surface area contributed by atoms with Crippen LogP contribution in [0.2, 0.25) is 0 Å². The molecule has 3 heteroatoms. The Morgan fingerprint density at radius 2 is 2.00 bits per heavy atom. The fourth-order valence-electron chi connectivity index (χ4n) is 4.04. The van der Waals surface area contributed by atoms with Gasteiger partial charge in [0.2, 0.25) is 0 Å². The first-order valence-electron chi connectivity index (χ1n) is 8.36. The maximum absolute atomic E-state index is 3.80. The highest BCUT2D eigenvalue weighted by Crippen LogP contribution is 2.32.